The molecule has 2 N–H and O–H groups in total. The van der Waals surface area contributed by atoms with Gasteiger partial charge in [0.15, 0.2) is 0 Å². The summed E-state index contributed by atoms with van der Waals surface area (Å²) in [6, 6.07) is 6.13. The summed E-state index contributed by atoms with van der Waals surface area (Å²) < 4.78 is 63.7. The average molecular weight is 321 g/mol. The smallest absolute Gasteiger partial charge is 0.494 e. The topological polar surface area (TPSA) is 80.3 Å². The van der Waals surface area contributed by atoms with E-state index >= 15 is 0 Å². The normalized spacial score (nSPS) is 12.4. The zero-order chi connectivity index (χ0) is 15.7. The Morgan fingerprint density at radius 2 is 1.95 bits per heavy atom. The van der Waals surface area contributed by atoms with Gasteiger partial charge in [0, 0.05) is 11.6 Å². The van der Waals surface area contributed by atoms with Crippen LogP contribution in [-0.2, 0) is 10.0 Å². The second kappa shape index (κ2) is 5.37. The highest BCUT2D eigenvalue weighted by Gasteiger charge is 2.45. The van der Waals surface area contributed by atoms with Crippen LogP contribution in [0.3, 0.4) is 0 Å². The van der Waals surface area contributed by atoms with Gasteiger partial charge in [0.2, 0.25) is 0 Å². The standard InChI is InChI=1S/C11H10F3N3O3S/c1-20-9-4-2-3-7-8(5-6-15-10(7)9)16-17-21(18,19)11(12,13)14/h2-6,17H,1H3,(H,15,16). The van der Waals surface area contributed by atoms with Gasteiger partial charge in [-0.05, 0) is 12.1 Å². The number of anilines is 1. The van der Waals surface area contributed by atoms with Gasteiger partial charge in [-0.1, -0.05) is 12.1 Å². The highest BCUT2D eigenvalue weighted by Crippen LogP contribution is 2.28. The van der Waals surface area contributed by atoms with Gasteiger partial charge >= 0.3 is 15.5 Å². The molecule has 0 bridgehead atoms. The Balaban J connectivity index is 2.37. The summed E-state index contributed by atoms with van der Waals surface area (Å²) in [7, 11) is -4.07. The fourth-order valence-electron chi connectivity index (χ4n) is 1.60. The predicted molar refractivity (Wildman–Crippen MR) is 70.0 cm³/mol. The van der Waals surface area contributed by atoms with Crippen molar-refractivity contribution in [3.8, 4) is 5.75 Å². The van der Waals surface area contributed by atoms with Gasteiger partial charge < -0.3 is 10.2 Å². The summed E-state index contributed by atoms with van der Waals surface area (Å²) in [5, 5.41) is 0.404. The van der Waals surface area contributed by atoms with Gasteiger partial charge in [0.1, 0.15) is 11.3 Å². The molecule has 0 saturated heterocycles. The second-order valence-electron chi connectivity index (χ2n) is 3.89. The van der Waals surface area contributed by atoms with Gasteiger partial charge in [0.25, 0.3) is 0 Å². The van der Waals surface area contributed by atoms with Crippen LogP contribution in [-0.4, -0.2) is 26.0 Å². The molecule has 0 atom stereocenters. The lowest BCUT2D eigenvalue weighted by molar-refractivity contribution is -0.0445. The van der Waals surface area contributed by atoms with Crippen molar-refractivity contribution in [2.24, 2.45) is 0 Å². The van der Waals surface area contributed by atoms with Crippen molar-refractivity contribution in [3.63, 3.8) is 0 Å². The summed E-state index contributed by atoms with van der Waals surface area (Å²) in [6.07, 6.45) is 1.31. The van der Waals surface area contributed by atoms with Gasteiger partial charge in [-0.15, -0.1) is 4.83 Å². The number of hydrazine groups is 1. The maximum Gasteiger partial charge on any atom is 0.513 e. The van der Waals surface area contributed by atoms with Crippen molar-refractivity contribution < 1.29 is 26.3 Å². The largest absolute Gasteiger partial charge is 0.513 e. The van der Waals surface area contributed by atoms with Crippen molar-refractivity contribution >= 4 is 26.6 Å². The number of benzene rings is 1. The summed E-state index contributed by atoms with van der Waals surface area (Å²) in [5.41, 5.74) is -2.87. The molecule has 114 valence electrons. The Hall–Kier alpha value is -2.07. The van der Waals surface area contributed by atoms with Gasteiger partial charge in [-0.3, -0.25) is 4.98 Å². The van der Waals surface area contributed by atoms with E-state index in [1.165, 1.54) is 24.2 Å². The Morgan fingerprint density at radius 1 is 1.24 bits per heavy atom. The van der Waals surface area contributed by atoms with Crippen LogP contribution in [0.1, 0.15) is 0 Å². The third-order valence-corrected chi connectivity index (χ3v) is 3.56. The Bertz CT molecular complexity index is 762. The third kappa shape index (κ3) is 3.00. The molecule has 2 rings (SSSR count). The number of rotatable bonds is 4. The van der Waals surface area contributed by atoms with Crippen molar-refractivity contribution in [3.05, 3.63) is 30.5 Å². The van der Waals surface area contributed by atoms with E-state index in [-0.39, 0.29) is 5.69 Å². The molecular weight excluding hydrogens is 311 g/mol. The number of ether oxygens (including phenoxy) is 1. The molecule has 0 radical (unpaired) electrons. The minimum Gasteiger partial charge on any atom is -0.494 e. The van der Waals surface area contributed by atoms with E-state index in [1.807, 2.05) is 5.43 Å². The number of pyridine rings is 1. The number of para-hydroxylation sites is 1. The van der Waals surface area contributed by atoms with E-state index in [0.717, 1.165) is 0 Å². The van der Waals surface area contributed by atoms with Gasteiger partial charge in [0.05, 0.1) is 12.8 Å². The lowest BCUT2D eigenvalue weighted by Gasteiger charge is -2.13. The van der Waals surface area contributed by atoms with Crippen LogP contribution in [0, 0.1) is 0 Å². The van der Waals surface area contributed by atoms with E-state index in [1.54, 1.807) is 18.2 Å². The highest BCUT2D eigenvalue weighted by molar-refractivity contribution is 7.90. The number of aromatic nitrogens is 1. The molecule has 6 nitrogen and oxygen atoms in total. The molecule has 1 aromatic heterocycles. The summed E-state index contributed by atoms with van der Waals surface area (Å²) >= 11 is 0. The molecule has 0 aliphatic heterocycles. The van der Waals surface area contributed by atoms with Crippen molar-refractivity contribution in [2.75, 3.05) is 12.5 Å². The number of hydrogen-bond donors (Lipinski definition) is 2. The summed E-state index contributed by atoms with van der Waals surface area (Å²) in [6.45, 7) is 0. The van der Waals surface area contributed by atoms with E-state index in [0.29, 0.717) is 16.7 Å². The minimum atomic E-state index is -5.49. The maximum atomic E-state index is 12.2. The number of methoxy groups -OCH3 is 1. The van der Waals surface area contributed by atoms with E-state index < -0.39 is 15.5 Å². The van der Waals surface area contributed by atoms with E-state index in [9.17, 15) is 21.6 Å². The Kier molecular flexibility index (Phi) is 3.92. The SMILES string of the molecule is COc1cccc2c(NNS(=O)(=O)C(F)(F)F)ccnc12. The van der Waals surface area contributed by atoms with E-state index in [4.69, 9.17) is 4.74 Å². The lowest BCUT2D eigenvalue weighted by atomic mass is 10.2. The Labute approximate surface area is 118 Å². The second-order valence-corrected chi connectivity index (χ2v) is 5.57. The summed E-state index contributed by atoms with van der Waals surface area (Å²) in [4.78, 5) is 5.31. The number of hydrogen-bond acceptors (Lipinski definition) is 5. The van der Waals surface area contributed by atoms with Crippen LogP contribution in [0.15, 0.2) is 30.5 Å². The number of nitrogens with one attached hydrogen (secondary N) is 2. The Morgan fingerprint density at radius 3 is 2.57 bits per heavy atom. The molecule has 1 aromatic carbocycles. The number of alkyl halides is 3. The highest BCUT2D eigenvalue weighted by atomic mass is 32.2. The molecule has 0 spiro atoms. The average Bonchev–Trinajstić information content (AvgIpc) is 2.43. The first-order valence-electron chi connectivity index (χ1n) is 5.52. The first-order valence-corrected chi connectivity index (χ1v) is 7.00. The van der Waals surface area contributed by atoms with Gasteiger partial charge in [-0.2, -0.15) is 13.2 Å². The number of halogens is 3. The molecule has 0 fully saturated rings. The first kappa shape index (κ1) is 15.3. The molecule has 0 amide bonds. The number of sulfonamides is 1. The van der Waals surface area contributed by atoms with Crippen molar-refractivity contribution in [1.29, 1.82) is 0 Å². The van der Waals surface area contributed by atoms with Crippen LogP contribution in [0.25, 0.3) is 10.9 Å². The van der Waals surface area contributed by atoms with Crippen LogP contribution in [0.2, 0.25) is 0 Å². The quantitative estimate of drug-likeness (QED) is 0.842. The predicted octanol–water partition coefficient (Wildman–Crippen LogP) is 2.01. The lowest BCUT2D eigenvalue weighted by Crippen LogP contribution is -2.39. The molecule has 21 heavy (non-hydrogen) atoms. The molecule has 10 heteroatoms. The number of fused-ring (bicyclic) bond motifs is 1. The molecule has 2 aromatic rings. The molecule has 0 saturated carbocycles. The van der Waals surface area contributed by atoms with Crippen LogP contribution in [0.4, 0.5) is 18.9 Å². The van der Waals surface area contributed by atoms with E-state index in [2.05, 4.69) is 4.98 Å². The molecule has 0 aliphatic carbocycles. The van der Waals surface area contributed by atoms with Crippen molar-refractivity contribution in [1.82, 2.24) is 9.82 Å². The third-order valence-electron chi connectivity index (χ3n) is 2.58. The van der Waals surface area contributed by atoms with Crippen LogP contribution >= 0.6 is 0 Å². The molecular formula is C11H10F3N3O3S. The first-order chi connectivity index (χ1) is 9.76. The maximum absolute atomic E-state index is 12.2. The monoisotopic (exact) mass is 321 g/mol. The van der Waals surface area contributed by atoms with Gasteiger partial charge in [-0.25, -0.2) is 8.42 Å². The molecule has 0 aliphatic rings. The zero-order valence-electron chi connectivity index (χ0n) is 10.6. The minimum absolute atomic E-state index is 0.117. The van der Waals surface area contributed by atoms with Crippen LogP contribution < -0.4 is 15.0 Å². The molecule has 1 heterocycles. The van der Waals surface area contributed by atoms with Crippen molar-refractivity contribution in [2.45, 2.75) is 5.51 Å². The summed E-state index contributed by atoms with van der Waals surface area (Å²) in [5.74, 6) is 0.412. The fourth-order valence-corrected chi connectivity index (χ4v) is 1.96. The number of nitrogens with zero attached hydrogens (tertiary/aromatic N) is 1. The fraction of sp³-hybridized carbons (Fsp3) is 0.182. The zero-order valence-corrected chi connectivity index (χ0v) is 11.4. The van der Waals surface area contributed by atoms with Crippen LogP contribution in [0.5, 0.6) is 5.75 Å². The molecule has 0 unspecified atom stereocenters.